The van der Waals surface area contributed by atoms with Gasteiger partial charge in [0.25, 0.3) is 0 Å². The van der Waals surface area contributed by atoms with Crippen molar-refractivity contribution in [1.82, 2.24) is 9.97 Å². The van der Waals surface area contributed by atoms with E-state index in [2.05, 4.69) is 16.0 Å². The summed E-state index contributed by atoms with van der Waals surface area (Å²) in [5.41, 5.74) is 1.82. The molecule has 0 radical (unpaired) electrons. The Bertz CT molecular complexity index is 1140. The number of aromatic nitrogens is 2. The van der Waals surface area contributed by atoms with E-state index in [1.165, 1.54) is 16.2 Å². The lowest BCUT2D eigenvalue weighted by Gasteiger charge is -2.17. The number of ketones is 1. The van der Waals surface area contributed by atoms with Gasteiger partial charge in [-0.05, 0) is 30.3 Å². The quantitative estimate of drug-likeness (QED) is 0.552. The molecule has 9 heteroatoms. The molecule has 30 heavy (non-hydrogen) atoms. The molecule has 3 heterocycles. The number of thiazole rings is 1. The fraction of sp³-hybridized carbons (Fsp3) is 0.190. The summed E-state index contributed by atoms with van der Waals surface area (Å²) < 4.78 is 0. The first kappa shape index (κ1) is 20.5. The summed E-state index contributed by atoms with van der Waals surface area (Å²) in [4.78, 5) is 35.8. The largest absolute Gasteiger partial charge is 0.312 e. The third kappa shape index (κ3) is 4.08. The number of hydrogen-bond donors (Lipinski definition) is 0. The fourth-order valence-corrected chi connectivity index (χ4v) is 4.75. The minimum Gasteiger partial charge on any atom is -0.312 e. The lowest BCUT2D eigenvalue weighted by atomic mass is 9.93. The first-order valence-corrected chi connectivity index (χ1v) is 10.7. The Labute approximate surface area is 186 Å². The van der Waals surface area contributed by atoms with E-state index in [9.17, 15) is 14.9 Å². The summed E-state index contributed by atoms with van der Waals surface area (Å²) in [6.45, 7) is 0.172. The van der Waals surface area contributed by atoms with E-state index in [1.54, 1.807) is 35.8 Å². The maximum absolute atomic E-state index is 13.1. The van der Waals surface area contributed by atoms with Crippen LogP contribution >= 0.6 is 34.5 Å². The smallest absolute Gasteiger partial charge is 0.227 e. The second kappa shape index (κ2) is 8.52. The van der Waals surface area contributed by atoms with Gasteiger partial charge >= 0.3 is 0 Å². The molecule has 2 atom stereocenters. The van der Waals surface area contributed by atoms with Crippen LogP contribution in [-0.4, -0.2) is 28.2 Å². The Kier molecular flexibility index (Phi) is 5.82. The molecular formula is C21H14Cl2N4O2S. The third-order valence-electron chi connectivity index (χ3n) is 4.80. The van der Waals surface area contributed by atoms with E-state index < -0.39 is 11.8 Å². The zero-order chi connectivity index (χ0) is 21.3. The first-order chi connectivity index (χ1) is 14.5. The molecule has 4 rings (SSSR count). The van der Waals surface area contributed by atoms with Gasteiger partial charge < -0.3 is 4.90 Å². The van der Waals surface area contributed by atoms with Crippen molar-refractivity contribution in [3.63, 3.8) is 0 Å². The van der Waals surface area contributed by atoms with Crippen molar-refractivity contribution in [3.05, 3.63) is 63.0 Å². The lowest BCUT2D eigenvalue weighted by Crippen LogP contribution is -2.27. The minimum atomic E-state index is -1.03. The fourth-order valence-electron chi connectivity index (χ4n) is 3.37. The van der Waals surface area contributed by atoms with E-state index in [4.69, 9.17) is 23.2 Å². The number of pyridine rings is 1. The van der Waals surface area contributed by atoms with Crippen LogP contribution in [-0.2, 0) is 9.59 Å². The van der Waals surface area contributed by atoms with Crippen molar-refractivity contribution in [3.8, 4) is 17.5 Å². The number of rotatable bonds is 5. The highest BCUT2D eigenvalue weighted by Gasteiger charge is 2.39. The van der Waals surface area contributed by atoms with Crippen LogP contribution in [0, 0.1) is 17.2 Å². The molecule has 0 N–H and O–H groups in total. The molecule has 1 aliphatic heterocycles. The van der Waals surface area contributed by atoms with E-state index in [1.807, 2.05) is 12.1 Å². The number of hydrogen-bond acceptors (Lipinski definition) is 6. The first-order valence-electron chi connectivity index (χ1n) is 9.03. The zero-order valence-electron chi connectivity index (χ0n) is 15.5. The van der Waals surface area contributed by atoms with Gasteiger partial charge in [0.2, 0.25) is 5.91 Å². The van der Waals surface area contributed by atoms with Gasteiger partial charge in [-0.2, -0.15) is 5.26 Å². The number of nitrogens with zero attached hydrogens (tertiary/aromatic N) is 4. The van der Waals surface area contributed by atoms with Gasteiger partial charge in [-0.1, -0.05) is 29.3 Å². The van der Waals surface area contributed by atoms with Crippen molar-refractivity contribution in [2.24, 2.45) is 5.92 Å². The number of nitriles is 1. The lowest BCUT2D eigenvalue weighted by molar-refractivity contribution is -0.124. The van der Waals surface area contributed by atoms with E-state index in [0.717, 1.165) is 0 Å². The normalized spacial score (nSPS) is 17.0. The average Bonchev–Trinajstić information content (AvgIpc) is 3.36. The van der Waals surface area contributed by atoms with E-state index in [-0.39, 0.29) is 24.7 Å². The maximum Gasteiger partial charge on any atom is 0.227 e. The van der Waals surface area contributed by atoms with Crippen molar-refractivity contribution in [1.29, 1.82) is 5.26 Å². The van der Waals surface area contributed by atoms with Gasteiger partial charge in [0, 0.05) is 46.2 Å². The molecule has 1 saturated heterocycles. The average molecular weight is 457 g/mol. The van der Waals surface area contributed by atoms with Crippen molar-refractivity contribution >= 4 is 51.9 Å². The maximum atomic E-state index is 13.1. The summed E-state index contributed by atoms with van der Waals surface area (Å²) in [5, 5.41) is 12.6. The van der Waals surface area contributed by atoms with Gasteiger partial charge in [0.1, 0.15) is 5.01 Å². The van der Waals surface area contributed by atoms with Crippen molar-refractivity contribution < 1.29 is 9.59 Å². The summed E-state index contributed by atoms with van der Waals surface area (Å²) in [6, 6.07) is 12.3. The summed E-state index contributed by atoms with van der Waals surface area (Å²) in [6.07, 6.45) is 1.68. The Morgan fingerprint density at radius 3 is 2.67 bits per heavy atom. The Morgan fingerprint density at radius 2 is 2.00 bits per heavy atom. The Morgan fingerprint density at radius 1 is 1.23 bits per heavy atom. The van der Waals surface area contributed by atoms with Crippen molar-refractivity contribution in [2.75, 3.05) is 11.4 Å². The van der Waals surface area contributed by atoms with Gasteiger partial charge in [-0.25, -0.2) is 4.98 Å². The highest BCUT2D eigenvalue weighted by Crippen LogP contribution is 2.34. The molecule has 0 aliphatic carbocycles. The predicted octanol–water partition coefficient (Wildman–Crippen LogP) is 4.74. The standard InChI is InChI=1S/C21H14Cl2N4O2S/c22-13-6-14(23)8-15(7-13)27-10-12(5-19(27)28)20(29)16(9-24)21-26-18(11-30-21)17-3-1-2-4-25-17/h1-4,6-8,11-12,16H,5,10H2/t12-,16+/m1/s1. The molecule has 0 bridgehead atoms. The highest BCUT2D eigenvalue weighted by atomic mass is 35.5. The van der Waals surface area contributed by atoms with Crippen LogP contribution in [0.15, 0.2) is 48.0 Å². The van der Waals surface area contributed by atoms with Crippen LogP contribution in [0.2, 0.25) is 10.0 Å². The molecule has 1 aromatic carbocycles. The molecule has 1 amide bonds. The molecule has 0 unspecified atom stereocenters. The van der Waals surface area contributed by atoms with Crippen LogP contribution in [0.5, 0.6) is 0 Å². The van der Waals surface area contributed by atoms with Crippen LogP contribution in [0.4, 0.5) is 5.69 Å². The molecule has 6 nitrogen and oxygen atoms in total. The van der Waals surface area contributed by atoms with Crippen LogP contribution < -0.4 is 4.90 Å². The van der Waals surface area contributed by atoms with E-state index >= 15 is 0 Å². The predicted molar refractivity (Wildman–Crippen MR) is 116 cm³/mol. The summed E-state index contributed by atoms with van der Waals surface area (Å²) in [7, 11) is 0. The molecule has 0 spiro atoms. The second-order valence-electron chi connectivity index (χ2n) is 6.78. The molecule has 1 fully saturated rings. The zero-order valence-corrected chi connectivity index (χ0v) is 17.8. The number of Topliss-reactive ketones (excluding diaryl/α,β-unsaturated/α-hetero) is 1. The summed E-state index contributed by atoms with van der Waals surface area (Å²) >= 11 is 13.3. The summed E-state index contributed by atoms with van der Waals surface area (Å²) in [5.74, 6) is -2.17. The molecule has 2 aromatic heterocycles. The Hall–Kier alpha value is -2.79. The highest BCUT2D eigenvalue weighted by molar-refractivity contribution is 7.10. The molecule has 0 saturated carbocycles. The monoisotopic (exact) mass is 456 g/mol. The van der Waals surface area contributed by atoms with Gasteiger partial charge in [0.05, 0.1) is 17.5 Å². The number of benzene rings is 1. The van der Waals surface area contributed by atoms with E-state index in [0.29, 0.717) is 32.1 Å². The number of carbonyl (C=O) groups is 2. The topological polar surface area (TPSA) is 87.0 Å². The Balaban J connectivity index is 1.54. The van der Waals surface area contributed by atoms with Crippen LogP contribution in [0.1, 0.15) is 17.3 Å². The van der Waals surface area contributed by atoms with Crippen LogP contribution in [0.3, 0.4) is 0 Å². The number of amides is 1. The number of anilines is 1. The minimum absolute atomic E-state index is 0.0274. The van der Waals surface area contributed by atoms with Gasteiger partial charge in [-0.3, -0.25) is 14.6 Å². The number of carbonyl (C=O) groups excluding carboxylic acids is 2. The number of halogens is 2. The molecule has 150 valence electrons. The van der Waals surface area contributed by atoms with Crippen molar-refractivity contribution in [2.45, 2.75) is 12.3 Å². The molecular weight excluding hydrogens is 443 g/mol. The van der Waals surface area contributed by atoms with Gasteiger partial charge in [0.15, 0.2) is 11.7 Å². The molecule has 1 aliphatic rings. The van der Waals surface area contributed by atoms with Crippen LogP contribution in [0.25, 0.3) is 11.4 Å². The molecule has 3 aromatic rings. The SMILES string of the molecule is N#C[C@@H](C(=O)[C@@H]1CC(=O)N(c2cc(Cl)cc(Cl)c2)C1)c1nc(-c2ccccn2)cs1. The third-order valence-corrected chi connectivity index (χ3v) is 6.14. The second-order valence-corrected chi connectivity index (χ2v) is 8.55. The van der Waals surface area contributed by atoms with Gasteiger partial charge in [-0.15, -0.1) is 11.3 Å².